The van der Waals surface area contributed by atoms with E-state index < -0.39 is 0 Å². The van der Waals surface area contributed by atoms with E-state index in [1.165, 1.54) is 81.7 Å². The van der Waals surface area contributed by atoms with Gasteiger partial charge in [-0.05, 0) is 25.0 Å². The minimum Gasteiger partial charge on any atom is -0.466 e. The number of H-pyrrole nitrogens is 1. The van der Waals surface area contributed by atoms with Crippen LogP contribution in [0, 0.1) is 6.92 Å². The third-order valence-corrected chi connectivity index (χ3v) is 8.41. The second-order valence-corrected chi connectivity index (χ2v) is 13.5. The van der Waals surface area contributed by atoms with Gasteiger partial charge in [-0.2, -0.15) is 5.10 Å². The average Bonchev–Trinajstić information content (AvgIpc) is 3.53. The van der Waals surface area contributed by atoms with Crippen molar-refractivity contribution in [3.63, 3.8) is 0 Å². The van der Waals surface area contributed by atoms with Gasteiger partial charge < -0.3 is 15.0 Å². The number of ether oxygens (including phenoxy) is 1. The van der Waals surface area contributed by atoms with E-state index in [4.69, 9.17) is 16.3 Å². The van der Waals surface area contributed by atoms with Crippen LogP contribution in [0.15, 0.2) is 18.2 Å². The number of esters is 1. The molecular weight excluding hydrogens is 574 g/mol. The summed E-state index contributed by atoms with van der Waals surface area (Å²) in [6, 6.07) is 5.65. The Bertz CT molecular complexity index is 1320. The number of amides is 1. The largest absolute Gasteiger partial charge is 0.466 e. The molecule has 1 aromatic carbocycles. The molecule has 0 radical (unpaired) electrons. The van der Waals surface area contributed by atoms with Gasteiger partial charge in [-0.3, -0.25) is 9.59 Å². The van der Waals surface area contributed by atoms with Gasteiger partial charge in [-0.15, -0.1) is 9.73 Å². The molecule has 0 saturated heterocycles. The lowest BCUT2D eigenvalue weighted by Crippen LogP contribution is -2.16. The van der Waals surface area contributed by atoms with Crippen LogP contribution in [0.3, 0.4) is 0 Å². The van der Waals surface area contributed by atoms with Crippen molar-refractivity contribution < 1.29 is 14.3 Å². The second-order valence-electron chi connectivity index (χ2n) is 13.1. The molecule has 3 aromatic rings. The Hall–Kier alpha value is -2.87. The van der Waals surface area contributed by atoms with Crippen molar-refractivity contribution >= 4 is 34.8 Å². The van der Waals surface area contributed by atoms with E-state index in [2.05, 4.69) is 27.4 Å². The zero-order valence-corrected chi connectivity index (χ0v) is 28.5. The van der Waals surface area contributed by atoms with Crippen LogP contribution < -0.4 is 5.32 Å². The minimum absolute atomic E-state index is 0.0470. The van der Waals surface area contributed by atoms with Gasteiger partial charge in [0.2, 0.25) is 5.91 Å². The topological polar surface area (TPSA) is 101 Å². The number of anilines is 1. The highest BCUT2D eigenvalue weighted by atomic mass is 35.5. The summed E-state index contributed by atoms with van der Waals surface area (Å²) in [5.41, 5.74) is 3.43. The Morgan fingerprint density at radius 3 is 2.05 bits per heavy atom. The molecule has 9 heteroatoms. The summed E-state index contributed by atoms with van der Waals surface area (Å²) >= 11 is 6.62. The summed E-state index contributed by atoms with van der Waals surface area (Å²) in [6.45, 7) is 10.8. The van der Waals surface area contributed by atoms with Gasteiger partial charge in [-0.1, -0.05) is 135 Å². The lowest BCUT2D eigenvalue weighted by molar-refractivity contribution is -0.144. The van der Waals surface area contributed by atoms with Crippen LogP contribution >= 0.6 is 11.6 Å². The first kappa shape index (κ1) is 35.6. The lowest BCUT2D eigenvalue weighted by atomic mass is 9.92. The number of fused-ring (bicyclic) bond motifs is 1. The van der Waals surface area contributed by atoms with Crippen LogP contribution in [0.2, 0.25) is 5.02 Å². The second kappa shape index (κ2) is 18.2. The maximum absolute atomic E-state index is 12.8. The SMILES string of the molecule is CCCCCCCCCCCCCCCCOC(=O)CCC(=O)Nc1cccc(C)c1-c1nn2nc(C(C)(C)C)c(Cl)c2[nH]1. The maximum atomic E-state index is 12.8. The number of benzene rings is 1. The highest BCUT2D eigenvalue weighted by Gasteiger charge is 2.26. The van der Waals surface area contributed by atoms with Crippen LogP contribution in [0.1, 0.15) is 142 Å². The number of aromatic nitrogens is 4. The predicted molar refractivity (Wildman–Crippen MR) is 180 cm³/mol. The number of hydrogen-bond donors (Lipinski definition) is 2. The van der Waals surface area contributed by atoms with E-state index in [-0.39, 0.29) is 30.1 Å². The molecule has 2 N–H and O–H groups in total. The summed E-state index contributed by atoms with van der Waals surface area (Å²) in [4.78, 5) is 28.3. The maximum Gasteiger partial charge on any atom is 0.306 e. The van der Waals surface area contributed by atoms with Crippen molar-refractivity contribution in [1.82, 2.24) is 19.8 Å². The van der Waals surface area contributed by atoms with Crippen molar-refractivity contribution in [2.75, 3.05) is 11.9 Å². The highest BCUT2D eigenvalue weighted by molar-refractivity contribution is 6.34. The number of halogens is 1. The molecule has 0 saturated carbocycles. The van der Waals surface area contributed by atoms with E-state index in [0.717, 1.165) is 29.7 Å². The standard InChI is InChI=1S/C35H54ClN5O3/c1-6-7-8-9-10-11-12-13-14-15-16-17-18-19-25-44-29(43)24-23-28(42)37-27-22-20-21-26(2)30(27)33-38-34-31(36)32(35(3,4)5)39-41(34)40-33/h20-22H,6-19,23-25H2,1-5H3,(H,37,42)(H,38,40). The van der Waals surface area contributed by atoms with Gasteiger partial charge in [-0.25, -0.2) is 0 Å². The Labute approximate surface area is 269 Å². The molecule has 0 fully saturated rings. The molecular formula is C35H54ClN5O3. The zero-order chi connectivity index (χ0) is 32.0. The van der Waals surface area contributed by atoms with Crippen molar-refractivity contribution in [2.45, 2.75) is 143 Å². The molecule has 244 valence electrons. The van der Waals surface area contributed by atoms with Crippen molar-refractivity contribution in [3.8, 4) is 11.4 Å². The fourth-order valence-corrected chi connectivity index (χ4v) is 5.90. The van der Waals surface area contributed by atoms with E-state index in [0.29, 0.717) is 28.8 Å². The number of hydrogen-bond acceptors (Lipinski definition) is 5. The molecule has 0 bridgehead atoms. The molecule has 0 unspecified atom stereocenters. The monoisotopic (exact) mass is 627 g/mol. The normalized spacial score (nSPS) is 11.8. The molecule has 2 heterocycles. The third-order valence-electron chi connectivity index (χ3n) is 8.05. The van der Waals surface area contributed by atoms with Gasteiger partial charge in [0, 0.05) is 17.4 Å². The van der Waals surface area contributed by atoms with E-state index in [1.54, 1.807) is 0 Å². The number of nitrogens with zero attached hydrogens (tertiary/aromatic N) is 3. The van der Waals surface area contributed by atoms with Gasteiger partial charge in [0.15, 0.2) is 11.5 Å². The van der Waals surface area contributed by atoms with Crippen LogP contribution in [0.25, 0.3) is 17.0 Å². The zero-order valence-electron chi connectivity index (χ0n) is 27.7. The summed E-state index contributed by atoms with van der Waals surface area (Å²) in [6.07, 6.45) is 18.1. The number of aryl methyl sites for hydroxylation is 1. The number of nitrogens with one attached hydrogen (secondary N) is 2. The number of rotatable bonds is 20. The van der Waals surface area contributed by atoms with Crippen LogP contribution in [-0.2, 0) is 19.7 Å². The Morgan fingerprint density at radius 1 is 0.886 bits per heavy atom. The van der Waals surface area contributed by atoms with E-state index >= 15 is 0 Å². The predicted octanol–water partition coefficient (Wildman–Crippen LogP) is 9.73. The first-order valence-corrected chi connectivity index (χ1v) is 17.2. The van der Waals surface area contributed by atoms with Crippen molar-refractivity contribution in [3.05, 3.63) is 34.5 Å². The number of aromatic amines is 1. The Morgan fingerprint density at radius 2 is 1.48 bits per heavy atom. The van der Waals surface area contributed by atoms with Crippen molar-refractivity contribution in [2.24, 2.45) is 0 Å². The average molecular weight is 628 g/mol. The van der Waals surface area contributed by atoms with Gasteiger partial charge >= 0.3 is 5.97 Å². The molecule has 0 aliphatic carbocycles. The summed E-state index contributed by atoms with van der Waals surface area (Å²) in [7, 11) is 0. The minimum atomic E-state index is -0.337. The van der Waals surface area contributed by atoms with E-state index in [9.17, 15) is 9.59 Å². The van der Waals surface area contributed by atoms with Crippen LogP contribution in [0.4, 0.5) is 5.69 Å². The molecule has 0 aliphatic heterocycles. The molecule has 3 rings (SSSR count). The molecule has 44 heavy (non-hydrogen) atoms. The number of unbranched alkanes of at least 4 members (excludes halogenated alkanes) is 13. The molecule has 0 aliphatic rings. The number of carbonyl (C=O) groups is 2. The molecule has 1 amide bonds. The highest BCUT2D eigenvalue weighted by Crippen LogP contribution is 2.34. The van der Waals surface area contributed by atoms with Crippen LogP contribution in [0.5, 0.6) is 0 Å². The van der Waals surface area contributed by atoms with E-state index in [1.807, 2.05) is 45.9 Å². The summed E-state index contributed by atoms with van der Waals surface area (Å²) < 4.78 is 6.88. The fraction of sp³-hybridized carbons (Fsp3) is 0.657. The molecule has 8 nitrogen and oxygen atoms in total. The molecule has 0 atom stereocenters. The quantitative estimate of drug-likeness (QED) is 0.0959. The first-order valence-electron chi connectivity index (χ1n) is 16.8. The third kappa shape index (κ3) is 11.2. The summed E-state index contributed by atoms with van der Waals surface area (Å²) in [5.74, 6) is -0.0404. The Kier molecular flexibility index (Phi) is 14.7. The van der Waals surface area contributed by atoms with Gasteiger partial charge in [0.1, 0.15) is 5.02 Å². The smallest absolute Gasteiger partial charge is 0.306 e. The van der Waals surface area contributed by atoms with Crippen molar-refractivity contribution in [1.29, 1.82) is 0 Å². The fourth-order valence-electron chi connectivity index (χ4n) is 5.46. The number of carbonyl (C=O) groups excluding carboxylic acids is 2. The first-order chi connectivity index (χ1) is 21.1. The molecule has 2 aromatic heterocycles. The van der Waals surface area contributed by atoms with Gasteiger partial charge in [0.25, 0.3) is 0 Å². The van der Waals surface area contributed by atoms with Crippen LogP contribution in [-0.4, -0.2) is 38.3 Å². The summed E-state index contributed by atoms with van der Waals surface area (Å²) in [5, 5.41) is 12.7. The van der Waals surface area contributed by atoms with Gasteiger partial charge in [0.05, 0.1) is 24.4 Å². The lowest BCUT2D eigenvalue weighted by Gasteiger charge is -2.15. The molecule has 0 spiro atoms. The Balaban J connectivity index is 1.33.